The van der Waals surface area contributed by atoms with Crippen LogP contribution in [0.15, 0.2) is 0 Å². The third-order valence-corrected chi connectivity index (χ3v) is 6.08. The first-order chi connectivity index (χ1) is 8.91. The van der Waals surface area contributed by atoms with Gasteiger partial charge >= 0.3 is 0 Å². The SMILES string of the molecule is CC1(C)CCC(O)(CN2CC3(CCCCC3)C2)CC1. The van der Waals surface area contributed by atoms with E-state index < -0.39 is 0 Å². The van der Waals surface area contributed by atoms with Gasteiger partial charge in [-0.15, -0.1) is 0 Å². The zero-order chi connectivity index (χ0) is 13.6. The molecular formula is C17H31NO. The van der Waals surface area contributed by atoms with Gasteiger partial charge in [-0.05, 0) is 49.4 Å². The Hall–Kier alpha value is -0.0800. The van der Waals surface area contributed by atoms with E-state index in [1.807, 2.05) is 0 Å². The van der Waals surface area contributed by atoms with E-state index in [9.17, 15) is 5.11 Å². The lowest BCUT2D eigenvalue weighted by molar-refractivity contribution is -0.103. The van der Waals surface area contributed by atoms with Gasteiger partial charge in [0.05, 0.1) is 5.60 Å². The summed E-state index contributed by atoms with van der Waals surface area (Å²) in [4.78, 5) is 2.53. The second-order valence-corrected chi connectivity index (χ2v) is 8.59. The third-order valence-electron chi connectivity index (χ3n) is 6.08. The van der Waals surface area contributed by atoms with Crippen molar-refractivity contribution >= 4 is 0 Å². The molecule has 3 rings (SSSR count). The molecule has 3 aliphatic rings. The van der Waals surface area contributed by atoms with E-state index in [1.165, 1.54) is 58.0 Å². The van der Waals surface area contributed by atoms with Gasteiger partial charge in [-0.1, -0.05) is 33.1 Å². The monoisotopic (exact) mass is 265 g/mol. The highest BCUT2D eigenvalue weighted by Crippen LogP contribution is 2.46. The molecule has 1 heterocycles. The Bertz CT molecular complexity index is 312. The average molecular weight is 265 g/mol. The summed E-state index contributed by atoms with van der Waals surface area (Å²) < 4.78 is 0. The Morgan fingerprint density at radius 3 is 2.00 bits per heavy atom. The van der Waals surface area contributed by atoms with Crippen LogP contribution in [0.4, 0.5) is 0 Å². The largest absolute Gasteiger partial charge is 0.389 e. The topological polar surface area (TPSA) is 23.5 Å². The summed E-state index contributed by atoms with van der Waals surface area (Å²) in [6, 6.07) is 0. The van der Waals surface area contributed by atoms with Gasteiger partial charge in [-0.3, -0.25) is 4.90 Å². The van der Waals surface area contributed by atoms with Crippen LogP contribution >= 0.6 is 0 Å². The highest BCUT2D eigenvalue weighted by Gasteiger charge is 2.46. The van der Waals surface area contributed by atoms with Crippen molar-refractivity contribution in [2.75, 3.05) is 19.6 Å². The molecule has 1 saturated heterocycles. The highest BCUT2D eigenvalue weighted by molar-refractivity contribution is 5.00. The first-order valence-electron chi connectivity index (χ1n) is 8.35. The van der Waals surface area contributed by atoms with Crippen LogP contribution in [-0.4, -0.2) is 35.2 Å². The van der Waals surface area contributed by atoms with E-state index in [2.05, 4.69) is 18.7 Å². The van der Waals surface area contributed by atoms with Crippen molar-refractivity contribution < 1.29 is 5.11 Å². The first-order valence-corrected chi connectivity index (χ1v) is 8.35. The number of aliphatic hydroxyl groups is 1. The van der Waals surface area contributed by atoms with Crippen LogP contribution in [0.2, 0.25) is 0 Å². The maximum atomic E-state index is 10.8. The summed E-state index contributed by atoms with van der Waals surface area (Å²) in [5.74, 6) is 0. The summed E-state index contributed by atoms with van der Waals surface area (Å²) in [6.45, 7) is 8.14. The Morgan fingerprint density at radius 1 is 0.842 bits per heavy atom. The quantitative estimate of drug-likeness (QED) is 0.825. The molecule has 110 valence electrons. The van der Waals surface area contributed by atoms with Gasteiger partial charge in [0, 0.05) is 19.6 Å². The Balaban J connectivity index is 1.48. The summed E-state index contributed by atoms with van der Waals surface area (Å²) in [6.07, 6.45) is 11.6. The minimum atomic E-state index is -0.383. The van der Waals surface area contributed by atoms with E-state index in [1.54, 1.807) is 0 Å². The van der Waals surface area contributed by atoms with Crippen molar-refractivity contribution in [2.45, 2.75) is 77.2 Å². The maximum absolute atomic E-state index is 10.8. The van der Waals surface area contributed by atoms with Crippen molar-refractivity contribution in [3.8, 4) is 0 Å². The van der Waals surface area contributed by atoms with Crippen LogP contribution in [0.1, 0.15) is 71.6 Å². The zero-order valence-electron chi connectivity index (χ0n) is 12.9. The van der Waals surface area contributed by atoms with E-state index >= 15 is 0 Å². The molecule has 2 saturated carbocycles. The lowest BCUT2D eigenvalue weighted by Gasteiger charge is -2.55. The van der Waals surface area contributed by atoms with Gasteiger partial charge in [-0.2, -0.15) is 0 Å². The van der Waals surface area contributed by atoms with Crippen molar-refractivity contribution in [2.24, 2.45) is 10.8 Å². The molecule has 2 heteroatoms. The van der Waals surface area contributed by atoms with Gasteiger partial charge < -0.3 is 5.11 Å². The molecule has 0 aromatic carbocycles. The van der Waals surface area contributed by atoms with Crippen molar-refractivity contribution in [3.63, 3.8) is 0 Å². The average Bonchev–Trinajstić information content (AvgIpc) is 2.33. The molecule has 2 nitrogen and oxygen atoms in total. The lowest BCUT2D eigenvalue weighted by atomic mass is 9.67. The van der Waals surface area contributed by atoms with E-state index in [0.29, 0.717) is 10.8 Å². The molecule has 1 aliphatic heterocycles. The lowest BCUT2D eigenvalue weighted by Crippen LogP contribution is -2.61. The molecule has 2 aliphatic carbocycles. The molecule has 0 aromatic heterocycles. The van der Waals surface area contributed by atoms with Gasteiger partial charge in [0.25, 0.3) is 0 Å². The van der Waals surface area contributed by atoms with Crippen LogP contribution in [0, 0.1) is 10.8 Å². The van der Waals surface area contributed by atoms with Crippen molar-refractivity contribution in [1.29, 1.82) is 0 Å². The standard InChI is InChI=1S/C17H31NO/c1-15(2)8-10-17(19,11-9-15)14-18-12-16(13-18)6-4-3-5-7-16/h19H,3-14H2,1-2H3. The Kier molecular flexibility index (Phi) is 3.46. The number of hydrogen-bond acceptors (Lipinski definition) is 2. The second kappa shape index (κ2) is 4.73. The fourth-order valence-electron chi connectivity index (χ4n) is 4.60. The molecule has 1 spiro atoms. The van der Waals surface area contributed by atoms with Gasteiger partial charge in [0.1, 0.15) is 0 Å². The molecule has 19 heavy (non-hydrogen) atoms. The number of nitrogens with zero attached hydrogens (tertiary/aromatic N) is 1. The molecular weight excluding hydrogens is 234 g/mol. The Labute approximate surface area is 118 Å². The summed E-state index contributed by atoms with van der Waals surface area (Å²) in [7, 11) is 0. The van der Waals surface area contributed by atoms with E-state index in [0.717, 1.165) is 19.4 Å². The van der Waals surface area contributed by atoms with Crippen LogP contribution in [0.5, 0.6) is 0 Å². The zero-order valence-corrected chi connectivity index (χ0v) is 12.9. The first kappa shape index (κ1) is 13.9. The van der Waals surface area contributed by atoms with E-state index in [-0.39, 0.29) is 5.60 Å². The number of likely N-dealkylation sites (tertiary alicyclic amines) is 1. The molecule has 0 atom stereocenters. The normalized spacial score (nSPS) is 33.0. The van der Waals surface area contributed by atoms with Crippen LogP contribution in [-0.2, 0) is 0 Å². The summed E-state index contributed by atoms with van der Waals surface area (Å²) in [5, 5.41) is 10.8. The van der Waals surface area contributed by atoms with Crippen LogP contribution in [0.25, 0.3) is 0 Å². The van der Waals surface area contributed by atoms with Gasteiger partial charge in [-0.25, -0.2) is 0 Å². The van der Waals surface area contributed by atoms with Crippen LogP contribution < -0.4 is 0 Å². The molecule has 1 N–H and O–H groups in total. The summed E-state index contributed by atoms with van der Waals surface area (Å²) >= 11 is 0. The third kappa shape index (κ3) is 3.00. The Morgan fingerprint density at radius 2 is 1.42 bits per heavy atom. The van der Waals surface area contributed by atoms with E-state index in [4.69, 9.17) is 0 Å². The minimum absolute atomic E-state index is 0.383. The van der Waals surface area contributed by atoms with Crippen molar-refractivity contribution in [3.05, 3.63) is 0 Å². The smallest absolute Gasteiger partial charge is 0.0774 e. The molecule has 0 unspecified atom stereocenters. The van der Waals surface area contributed by atoms with Gasteiger partial charge in [0.2, 0.25) is 0 Å². The molecule has 0 amide bonds. The number of β-amino-alcohol motifs (C(OH)–C–C–N with tert-alkyl or cyclic N) is 1. The van der Waals surface area contributed by atoms with Gasteiger partial charge in [0.15, 0.2) is 0 Å². The fraction of sp³-hybridized carbons (Fsp3) is 1.00. The number of hydrogen-bond donors (Lipinski definition) is 1. The van der Waals surface area contributed by atoms with Crippen LogP contribution in [0.3, 0.4) is 0 Å². The predicted octanol–water partition coefficient (Wildman–Crippen LogP) is 3.58. The molecule has 3 fully saturated rings. The maximum Gasteiger partial charge on any atom is 0.0774 e. The summed E-state index contributed by atoms with van der Waals surface area (Å²) in [5.41, 5.74) is 0.722. The fourth-order valence-corrected chi connectivity index (χ4v) is 4.60. The highest BCUT2D eigenvalue weighted by atomic mass is 16.3. The minimum Gasteiger partial charge on any atom is -0.389 e. The molecule has 0 radical (unpaired) electrons. The predicted molar refractivity (Wildman–Crippen MR) is 79.2 cm³/mol. The molecule has 0 bridgehead atoms. The van der Waals surface area contributed by atoms with Crippen molar-refractivity contribution in [1.82, 2.24) is 4.90 Å². The molecule has 0 aromatic rings. The second-order valence-electron chi connectivity index (χ2n) is 8.59. The number of rotatable bonds is 2.